The summed E-state index contributed by atoms with van der Waals surface area (Å²) in [5, 5.41) is 26.4. The Morgan fingerprint density at radius 3 is 2.95 bits per heavy atom. The first-order chi connectivity index (χ1) is 9.11. The minimum absolute atomic E-state index is 0.0944. The van der Waals surface area contributed by atoms with E-state index in [-0.39, 0.29) is 31.0 Å². The zero-order valence-electron chi connectivity index (χ0n) is 9.81. The number of aromatic nitrogens is 2. The van der Waals surface area contributed by atoms with E-state index in [4.69, 9.17) is 9.84 Å². The van der Waals surface area contributed by atoms with E-state index in [1.807, 2.05) is 0 Å². The highest BCUT2D eigenvalue weighted by Gasteiger charge is 2.38. The Morgan fingerprint density at radius 1 is 1.47 bits per heavy atom. The number of H-pyrrole nitrogens is 1. The van der Waals surface area contributed by atoms with E-state index in [0.717, 1.165) is 4.57 Å². The molecule has 9 heteroatoms. The molecule has 1 fully saturated rings. The molecule has 1 aromatic rings. The Hall–Kier alpha value is -1.84. The number of nitrogens with zero attached hydrogens (tertiary/aromatic N) is 3. The van der Waals surface area contributed by atoms with Crippen LogP contribution in [0.3, 0.4) is 0 Å². The van der Waals surface area contributed by atoms with Gasteiger partial charge in [-0.25, -0.2) is 9.36 Å². The van der Waals surface area contributed by atoms with Gasteiger partial charge in [0.15, 0.2) is 12.0 Å². The van der Waals surface area contributed by atoms with Crippen molar-refractivity contribution in [3.05, 3.63) is 26.4 Å². The molecular weight excluding hydrogens is 256 g/mol. The number of hydrogen-bond acceptors (Lipinski definition) is 7. The summed E-state index contributed by atoms with van der Waals surface area (Å²) in [5.74, 6) is 0.108. The Bertz CT molecular complexity index is 648. The van der Waals surface area contributed by atoms with Crippen molar-refractivity contribution in [3.63, 3.8) is 0 Å². The lowest BCUT2D eigenvalue weighted by Crippen LogP contribution is -2.36. The number of aliphatic hydroxyl groups is 2. The Labute approximate surface area is 106 Å². The zero-order valence-corrected chi connectivity index (χ0v) is 9.81. The van der Waals surface area contributed by atoms with E-state index in [0.29, 0.717) is 0 Å². The van der Waals surface area contributed by atoms with Gasteiger partial charge in [-0.05, 0) is 0 Å². The van der Waals surface area contributed by atoms with Gasteiger partial charge in [0.2, 0.25) is 0 Å². The number of aromatic amines is 1. The van der Waals surface area contributed by atoms with Crippen LogP contribution in [0.2, 0.25) is 0 Å². The lowest BCUT2D eigenvalue weighted by Gasteiger charge is -2.18. The molecule has 19 heavy (non-hydrogen) atoms. The standard InChI is InChI=1S/C10H12N4O5/c15-3-4-1-6(16)9(19-4)14-7-5(2-11-13-7)8(17)12-10(14)18/h4,6,9,15-16H,1-3H2,(H,12,17,18)/t4-,6?,9+/m0/s1. The Kier molecular flexibility index (Phi) is 2.81. The van der Waals surface area contributed by atoms with Gasteiger partial charge in [0.25, 0.3) is 5.56 Å². The fourth-order valence-corrected chi connectivity index (χ4v) is 2.32. The summed E-state index contributed by atoms with van der Waals surface area (Å²) in [6, 6.07) is 0. The molecule has 1 unspecified atom stereocenters. The maximum atomic E-state index is 11.9. The maximum Gasteiger partial charge on any atom is 0.332 e. The second-order valence-corrected chi connectivity index (χ2v) is 4.47. The number of ether oxygens (including phenoxy) is 1. The quantitative estimate of drug-likeness (QED) is 0.618. The summed E-state index contributed by atoms with van der Waals surface area (Å²) in [5.41, 5.74) is -0.984. The number of rotatable bonds is 2. The van der Waals surface area contributed by atoms with Gasteiger partial charge in [-0.2, -0.15) is 5.11 Å². The topological polar surface area (TPSA) is 129 Å². The first-order valence-corrected chi connectivity index (χ1v) is 5.81. The minimum atomic E-state index is -0.979. The number of azo groups is 1. The van der Waals surface area contributed by atoms with E-state index in [1.54, 1.807) is 0 Å². The molecule has 2 aliphatic rings. The van der Waals surface area contributed by atoms with Crippen LogP contribution in [0.25, 0.3) is 0 Å². The molecule has 2 aliphatic heterocycles. The normalized spacial score (nSPS) is 28.8. The van der Waals surface area contributed by atoms with Gasteiger partial charge in [0.05, 0.1) is 24.8 Å². The molecular formula is C10H12N4O5. The van der Waals surface area contributed by atoms with Gasteiger partial charge in [-0.3, -0.25) is 9.78 Å². The summed E-state index contributed by atoms with van der Waals surface area (Å²) in [6.45, 7) is -0.160. The molecule has 0 aliphatic carbocycles. The van der Waals surface area contributed by atoms with E-state index < -0.39 is 29.7 Å². The van der Waals surface area contributed by atoms with Crippen LogP contribution in [0, 0.1) is 0 Å². The van der Waals surface area contributed by atoms with Crippen LogP contribution in [0.15, 0.2) is 19.8 Å². The van der Waals surface area contributed by atoms with Crippen molar-refractivity contribution in [2.45, 2.75) is 31.4 Å². The highest BCUT2D eigenvalue weighted by Crippen LogP contribution is 2.32. The van der Waals surface area contributed by atoms with E-state index in [9.17, 15) is 14.7 Å². The molecule has 0 radical (unpaired) electrons. The van der Waals surface area contributed by atoms with Gasteiger partial charge in [-0.15, -0.1) is 5.11 Å². The third kappa shape index (κ3) is 1.82. The number of aliphatic hydroxyl groups excluding tert-OH is 2. The number of fused-ring (bicyclic) bond motifs is 1. The molecule has 0 spiro atoms. The van der Waals surface area contributed by atoms with Gasteiger partial charge < -0.3 is 14.9 Å². The summed E-state index contributed by atoms with van der Waals surface area (Å²) < 4.78 is 6.47. The predicted octanol–water partition coefficient (Wildman–Crippen LogP) is -1.23. The second-order valence-electron chi connectivity index (χ2n) is 4.47. The Morgan fingerprint density at radius 2 is 2.26 bits per heavy atom. The molecule has 3 N–H and O–H groups in total. The molecule has 1 saturated heterocycles. The fourth-order valence-electron chi connectivity index (χ4n) is 2.32. The van der Waals surface area contributed by atoms with Crippen LogP contribution in [-0.4, -0.2) is 38.6 Å². The van der Waals surface area contributed by atoms with Gasteiger partial charge in [0, 0.05) is 6.42 Å². The van der Waals surface area contributed by atoms with Crippen LogP contribution in [0.1, 0.15) is 18.2 Å². The average Bonchev–Trinajstić information content (AvgIpc) is 2.97. The third-order valence-electron chi connectivity index (χ3n) is 3.23. The van der Waals surface area contributed by atoms with Crippen LogP contribution in [0.5, 0.6) is 0 Å². The summed E-state index contributed by atoms with van der Waals surface area (Å²) in [7, 11) is 0. The Balaban J connectivity index is 2.12. The number of nitrogens with one attached hydrogen (secondary N) is 1. The number of hydrogen-bond donors (Lipinski definition) is 3. The van der Waals surface area contributed by atoms with Gasteiger partial charge >= 0.3 is 5.69 Å². The average molecular weight is 268 g/mol. The lowest BCUT2D eigenvalue weighted by atomic mass is 10.2. The van der Waals surface area contributed by atoms with E-state index in [1.165, 1.54) is 0 Å². The molecule has 1 aromatic heterocycles. The highest BCUT2D eigenvalue weighted by atomic mass is 16.5. The summed E-state index contributed by atoms with van der Waals surface area (Å²) >= 11 is 0. The molecule has 0 aromatic carbocycles. The molecule has 0 bridgehead atoms. The summed E-state index contributed by atoms with van der Waals surface area (Å²) in [4.78, 5) is 25.6. The van der Waals surface area contributed by atoms with Gasteiger partial charge in [-0.1, -0.05) is 0 Å². The van der Waals surface area contributed by atoms with Crippen LogP contribution in [-0.2, 0) is 11.3 Å². The molecule has 0 amide bonds. The van der Waals surface area contributed by atoms with Crippen molar-refractivity contribution in [1.29, 1.82) is 0 Å². The predicted molar refractivity (Wildman–Crippen MR) is 61.2 cm³/mol. The van der Waals surface area contributed by atoms with Crippen LogP contribution >= 0.6 is 0 Å². The molecule has 0 saturated carbocycles. The zero-order chi connectivity index (χ0) is 13.6. The molecule has 3 atom stereocenters. The molecule has 3 rings (SSSR count). The fraction of sp³-hybridized carbons (Fsp3) is 0.600. The first-order valence-electron chi connectivity index (χ1n) is 5.81. The lowest BCUT2D eigenvalue weighted by molar-refractivity contribution is -0.0520. The summed E-state index contributed by atoms with van der Waals surface area (Å²) in [6.07, 6.45) is -2.28. The molecule has 9 nitrogen and oxygen atoms in total. The smallest absolute Gasteiger partial charge is 0.332 e. The third-order valence-corrected chi connectivity index (χ3v) is 3.23. The first kappa shape index (κ1) is 12.2. The van der Waals surface area contributed by atoms with Crippen LogP contribution in [0.4, 0.5) is 5.82 Å². The maximum absolute atomic E-state index is 11.9. The minimum Gasteiger partial charge on any atom is -0.394 e. The van der Waals surface area contributed by atoms with Crippen molar-refractivity contribution in [1.82, 2.24) is 9.55 Å². The SMILES string of the molecule is O=c1[nH]c(=O)n([C@@H]2O[C@H](CO)CC2O)c2c1CN=N2. The van der Waals surface area contributed by atoms with Crippen molar-refractivity contribution in [2.24, 2.45) is 10.2 Å². The largest absolute Gasteiger partial charge is 0.394 e. The van der Waals surface area contributed by atoms with Crippen molar-refractivity contribution >= 4 is 5.82 Å². The van der Waals surface area contributed by atoms with Gasteiger partial charge in [0.1, 0.15) is 6.10 Å². The van der Waals surface area contributed by atoms with Crippen LogP contribution < -0.4 is 11.2 Å². The molecule has 3 heterocycles. The van der Waals surface area contributed by atoms with Crippen molar-refractivity contribution in [2.75, 3.05) is 6.61 Å². The van der Waals surface area contributed by atoms with E-state index in [2.05, 4.69) is 15.2 Å². The second kappa shape index (κ2) is 4.37. The van der Waals surface area contributed by atoms with Crippen molar-refractivity contribution in [3.8, 4) is 0 Å². The highest BCUT2D eigenvalue weighted by molar-refractivity contribution is 5.39. The monoisotopic (exact) mass is 268 g/mol. The van der Waals surface area contributed by atoms with E-state index >= 15 is 0 Å². The molecule has 102 valence electrons. The van der Waals surface area contributed by atoms with Crippen molar-refractivity contribution < 1.29 is 14.9 Å².